The molecule has 0 atom stereocenters. The van der Waals surface area contributed by atoms with Crippen molar-refractivity contribution in [2.45, 2.75) is 52.4 Å². The molecule has 0 unspecified atom stereocenters. The molecule has 0 saturated carbocycles. The van der Waals surface area contributed by atoms with E-state index in [4.69, 9.17) is 0 Å². The van der Waals surface area contributed by atoms with Crippen LogP contribution >= 0.6 is 12.4 Å². The second-order valence-corrected chi connectivity index (χ2v) is 7.50. The highest BCUT2D eigenvalue weighted by atomic mass is 35.5. The number of hydrogen-bond acceptors (Lipinski definition) is 2. The molecule has 3 nitrogen and oxygen atoms in total. The van der Waals surface area contributed by atoms with Gasteiger partial charge in [0.2, 0.25) is 5.78 Å². The number of carbonyl (C=O) groups is 1. The maximum Gasteiger partial charge on any atom is 0.210 e. The van der Waals surface area contributed by atoms with Gasteiger partial charge < -0.3 is 9.72 Å². The Balaban J connectivity index is 0.00000300. The Morgan fingerprint density at radius 2 is 1.72 bits per heavy atom. The van der Waals surface area contributed by atoms with Crippen molar-refractivity contribution in [1.29, 1.82) is 0 Å². The van der Waals surface area contributed by atoms with E-state index in [-0.39, 0.29) is 18.2 Å². The molecule has 1 aromatic carbocycles. The van der Waals surface area contributed by atoms with E-state index >= 15 is 0 Å². The number of fused-ring (bicyclic) bond motifs is 1. The molecule has 0 spiro atoms. The van der Waals surface area contributed by atoms with Gasteiger partial charge in [-0.3, -0.25) is 4.79 Å². The van der Waals surface area contributed by atoms with Gasteiger partial charge in [-0.15, -0.1) is 12.4 Å². The Bertz CT molecular complexity index is 899. The van der Waals surface area contributed by atoms with Crippen LogP contribution in [0.25, 0.3) is 5.52 Å². The molecule has 3 rings (SSSR count). The van der Waals surface area contributed by atoms with E-state index in [9.17, 15) is 4.79 Å². The van der Waals surface area contributed by atoms with Gasteiger partial charge in [-0.1, -0.05) is 50.6 Å². The van der Waals surface area contributed by atoms with Crippen LogP contribution < -0.4 is 5.32 Å². The van der Waals surface area contributed by atoms with Crippen LogP contribution in [0.1, 0.15) is 66.7 Å². The van der Waals surface area contributed by atoms with Gasteiger partial charge in [-0.2, -0.15) is 0 Å². The van der Waals surface area contributed by atoms with Crippen molar-refractivity contribution in [2.75, 3.05) is 13.1 Å². The first kappa shape index (κ1) is 23.2. The topological polar surface area (TPSA) is 33.5 Å². The number of ketones is 1. The number of carbonyl (C=O) groups excluding carboxylic acids is 1. The van der Waals surface area contributed by atoms with Gasteiger partial charge in [-0.05, 0) is 74.5 Å². The van der Waals surface area contributed by atoms with Crippen LogP contribution in [0.5, 0.6) is 0 Å². The second-order valence-electron chi connectivity index (χ2n) is 7.50. The molecule has 2 aromatic heterocycles. The minimum absolute atomic E-state index is 0. The summed E-state index contributed by atoms with van der Waals surface area (Å²) in [5, 5.41) is 3.44. The third-order valence-corrected chi connectivity index (χ3v) is 5.20. The Labute approximate surface area is 180 Å². The Morgan fingerprint density at radius 1 is 0.931 bits per heavy atom. The number of nitrogens with zero attached hydrogens (tertiary/aromatic N) is 1. The molecule has 1 N–H and O–H groups in total. The van der Waals surface area contributed by atoms with E-state index in [2.05, 4.69) is 43.4 Å². The average Bonchev–Trinajstić information content (AvgIpc) is 3.09. The quantitative estimate of drug-likeness (QED) is 0.315. The van der Waals surface area contributed by atoms with Crippen LogP contribution in [-0.4, -0.2) is 23.3 Å². The molecule has 0 fully saturated rings. The van der Waals surface area contributed by atoms with Crippen LogP contribution in [0, 0.1) is 0 Å². The van der Waals surface area contributed by atoms with Gasteiger partial charge in [-0.25, -0.2) is 0 Å². The zero-order chi connectivity index (χ0) is 19.8. The molecule has 29 heavy (non-hydrogen) atoms. The number of benzene rings is 1. The van der Waals surface area contributed by atoms with Crippen LogP contribution in [-0.2, 0) is 12.8 Å². The summed E-state index contributed by atoms with van der Waals surface area (Å²) in [6.07, 6.45) is 8.56. The zero-order valence-electron chi connectivity index (χ0n) is 17.6. The highest BCUT2D eigenvalue weighted by Crippen LogP contribution is 2.22. The van der Waals surface area contributed by atoms with Crippen molar-refractivity contribution in [1.82, 2.24) is 9.72 Å². The van der Waals surface area contributed by atoms with E-state index < -0.39 is 0 Å². The molecule has 0 bridgehead atoms. The van der Waals surface area contributed by atoms with E-state index in [1.807, 2.05) is 34.9 Å². The molecule has 156 valence electrons. The van der Waals surface area contributed by atoms with Crippen molar-refractivity contribution in [3.8, 4) is 0 Å². The largest absolute Gasteiger partial charge is 0.317 e. The first-order chi connectivity index (χ1) is 13.7. The molecule has 3 aromatic rings. The highest BCUT2D eigenvalue weighted by molar-refractivity contribution is 6.09. The maximum atomic E-state index is 13.3. The van der Waals surface area contributed by atoms with Crippen LogP contribution in [0.15, 0.2) is 54.7 Å². The van der Waals surface area contributed by atoms with E-state index in [1.165, 1.54) is 24.8 Å². The second kappa shape index (κ2) is 11.8. The summed E-state index contributed by atoms with van der Waals surface area (Å²) >= 11 is 0. The maximum absolute atomic E-state index is 13.3. The molecule has 0 amide bonds. The molecule has 0 aliphatic heterocycles. The predicted octanol–water partition coefficient (Wildman–Crippen LogP) is 5.87. The van der Waals surface area contributed by atoms with Crippen LogP contribution in [0.4, 0.5) is 0 Å². The SMILES string of the molecule is CCCNCCCCc1ccc(C(=O)c2c(CCC)cc3ccccn23)cc1.Cl. The summed E-state index contributed by atoms with van der Waals surface area (Å²) in [6, 6.07) is 16.4. The molecule has 0 radical (unpaired) electrons. The van der Waals surface area contributed by atoms with Gasteiger partial charge in [0.15, 0.2) is 0 Å². The molecule has 0 aliphatic carbocycles. The smallest absolute Gasteiger partial charge is 0.210 e. The zero-order valence-corrected chi connectivity index (χ0v) is 18.4. The van der Waals surface area contributed by atoms with Gasteiger partial charge in [0.1, 0.15) is 0 Å². The number of hydrogen-bond donors (Lipinski definition) is 1. The lowest BCUT2D eigenvalue weighted by Crippen LogP contribution is -2.15. The monoisotopic (exact) mass is 412 g/mol. The summed E-state index contributed by atoms with van der Waals surface area (Å²) in [6.45, 7) is 6.54. The Morgan fingerprint density at radius 3 is 2.45 bits per heavy atom. The number of halogens is 1. The summed E-state index contributed by atoms with van der Waals surface area (Å²) < 4.78 is 2.03. The molecule has 0 saturated heterocycles. The van der Waals surface area contributed by atoms with E-state index in [1.54, 1.807) is 0 Å². The number of unbranched alkanes of at least 4 members (excludes halogenated alkanes) is 1. The summed E-state index contributed by atoms with van der Waals surface area (Å²) in [4.78, 5) is 13.3. The van der Waals surface area contributed by atoms with E-state index in [0.29, 0.717) is 0 Å². The number of nitrogens with one attached hydrogen (secondary N) is 1. The highest BCUT2D eigenvalue weighted by Gasteiger charge is 2.18. The summed E-state index contributed by atoms with van der Waals surface area (Å²) in [7, 11) is 0. The minimum Gasteiger partial charge on any atom is -0.317 e. The standard InChI is InChI=1S/C25H32N2O.ClH/c1-3-9-22-19-23-11-6-8-18-27(23)24(22)25(28)21-14-12-20(13-15-21)10-5-7-17-26-16-4-2;/h6,8,11-15,18-19,26H,3-5,7,9-10,16-17H2,1-2H3;1H. The molecule has 2 heterocycles. The number of aromatic nitrogens is 1. The molecular formula is C25H33ClN2O. The van der Waals surface area contributed by atoms with Gasteiger partial charge >= 0.3 is 0 Å². The molecule has 4 heteroatoms. The third kappa shape index (κ3) is 5.94. The van der Waals surface area contributed by atoms with Crippen molar-refractivity contribution in [2.24, 2.45) is 0 Å². The van der Waals surface area contributed by atoms with Crippen molar-refractivity contribution in [3.63, 3.8) is 0 Å². The average molecular weight is 413 g/mol. The number of rotatable bonds is 11. The fraction of sp³-hybridized carbons (Fsp3) is 0.400. The Kier molecular flexibility index (Phi) is 9.43. The molecular weight excluding hydrogens is 380 g/mol. The summed E-state index contributed by atoms with van der Waals surface area (Å²) in [5.74, 6) is 0.116. The fourth-order valence-corrected chi connectivity index (χ4v) is 3.73. The Hall–Kier alpha value is -2.10. The molecule has 0 aliphatic rings. The predicted molar refractivity (Wildman–Crippen MR) is 125 cm³/mol. The van der Waals surface area contributed by atoms with Crippen LogP contribution in [0.2, 0.25) is 0 Å². The van der Waals surface area contributed by atoms with Crippen molar-refractivity contribution >= 4 is 23.7 Å². The lowest BCUT2D eigenvalue weighted by molar-refractivity contribution is 0.103. The number of aryl methyl sites for hydroxylation is 2. The summed E-state index contributed by atoms with van der Waals surface area (Å²) in [5.41, 5.74) is 5.12. The third-order valence-electron chi connectivity index (χ3n) is 5.20. The van der Waals surface area contributed by atoms with E-state index in [0.717, 1.165) is 54.7 Å². The lowest BCUT2D eigenvalue weighted by Gasteiger charge is -2.07. The number of pyridine rings is 1. The fourth-order valence-electron chi connectivity index (χ4n) is 3.73. The normalized spacial score (nSPS) is 10.8. The van der Waals surface area contributed by atoms with Gasteiger partial charge in [0.25, 0.3) is 0 Å². The first-order valence-corrected chi connectivity index (χ1v) is 10.7. The van der Waals surface area contributed by atoms with Gasteiger partial charge in [0.05, 0.1) is 5.69 Å². The van der Waals surface area contributed by atoms with Crippen molar-refractivity contribution < 1.29 is 4.79 Å². The minimum atomic E-state index is 0. The van der Waals surface area contributed by atoms with Gasteiger partial charge in [0, 0.05) is 17.3 Å². The van der Waals surface area contributed by atoms with Crippen LogP contribution in [0.3, 0.4) is 0 Å². The lowest BCUT2D eigenvalue weighted by atomic mass is 10.00. The van der Waals surface area contributed by atoms with Crippen molar-refractivity contribution in [3.05, 3.63) is 77.1 Å². The first-order valence-electron chi connectivity index (χ1n) is 10.7.